The van der Waals surface area contributed by atoms with E-state index in [0.717, 1.165) is 23.8 Å². The van der Waals surface area contributed by atoms with Gasteiger partial charge in [-0.2, -0.15) is 0 Å². The molecule has 2 heteroatoms. The van der Waals surface area contributed by atoms with Crippen LogP contribution in [-0.2, 0) is 0 Å². The van der Waals surface area contributed by atoms with E-state index in [1.54, 1.807) is 0 Å². The quantitative estimate of drug-likeness (QED) is 0.793. The van der Waals surface area contributed by atoms with Gasteiger partial charge in [0.15, 0.2) is 0 Å². The molecule has 0 unspecified atom stereocenters. The molecule has 2 rings (SSSR count). The lowest BCUT2D eigenvalue weighted by atomic mass is 9.79. The van der Waals surface area contributed by atoms with E-state index in [4.69, 9.17) is 0 Å². The van der Waals surface area contributed by atoms with Crippen LogP contribution in [0.3, 0.4) is 0 Å². The Morgan fingerprint density at radius 2 is 1.65 bits per heavy atom. The van der Waals surface area contributed by atoms with Crippen molar-refractivity contribution in [2.24, 2.45) is 17.8 Å². The zero-order chi connectivity index (χ0) is 14.4. The van der Waals surface area contributed by atoms with E-state index >= 15 is 0 Å². The fourth-order valence-corrected chi connectivity index (χ4v) is 4.24. The fourth-order valence-electron chi connectivity index (χ4n) is 4.24. The third-order valence-corrected chi connectivity index (χ3v) is 5.66. The monoisotopic (exact) mass is 280 g/mol. The Hall–Kier alpha value is -0.0800. The van der Waals surface area contributed by atoms with Gasteiger partial charge < -0.3 is 10.2 Å². The molecular formula is C18H36N2. The number of nitrogens with zero attached hydrogens (tertiary/aromatic N) is 1. The smallest absolute Gasteiger partial charge is 0.00955 e. The molecule has 1 aliphatic carbocycles. The summed E-state index contributed by atoms with van der Waals surface area (Å²) >= 11 is 0. The Kier molecular flexibility index (Phi) is 6.83. The minimum Gasteiger partial charge on any atom is -0.317 e. The Morgan fingerprint density at radius 1 is 1.00 bits per heavy atom. The third kappa shape index (κ3) is 4.73. The van der Waals surface area contributed by atoms with Crippen LogP contribution in [0.1, 0.15) is 65.7 Å². The van der Waals surface area contributed by atoms with Crippen LogP contribution >= 0.6 is 0 Å². The third-order valence-electron chi connectivity index (χ3n) is 5.66. The van der Waals surface area contributed by atoms with Crippen LogP contribution in [0, 0.1) is 17.8 Å². The predicted molar refractivity (Wildman–Crippen MR) is 88.0 cm³/mol. The van der Waals surface area contributed by atoms with Crippen molar-refractivity contribution in [2.75, 3.05) is 26.2 Å². The molecule has 2 fully saturated rings. The number of nitrogens with one attached hydrogen (secondary N) is 1. The molecule has 0 atom stereocenters. The van der Waals surface area contributed by atoms with Crippen LogP contribution in [0.5, 0.6) is 0 Å². The van der Waals surface area contributed by atoms with Gasteiger partial charge in [0.05, 0.1) is 0 Å². The highest BCUT2D eigenvalue weighted by Crippen LogP contribution is 2.33. The average Bonchev–Trinajstić information content (AvgIpc) is 2.48. The minimum atomic E-state index is 0.889. The van der Waals surface area contributed by atoms with Crippen LogP contribution in [-0.4, -0.2) is 37.1 Å². The van der Waals surface area contributed by atoms with E-state index in [1.807, 2.05) is 0 Å². The van der Waals surface area contributed by atoms with E-state index in [9.17, 15) is 0 Å². The second kappa shape index (κ2) is 8.38. The predicted octanol–water partition coefficient (Wildman–Crippen LogP) is 3.91. The van der Waals surface area contributed by atoms with E-state index in [0.29, 0.717) is 0 Å². The van der Waals surface area contributed by atoms with Crippen molar-refractivity contribution in [3.63, 3.8) is 0 Å². The van der Waals surface area contributed by atoms with Gasteiger partial charge in [-0.3, -0.25) is 0 Å². The molecule has 1 aliphatic heterocycles. The van der Waals surface area contributed by atoms with Gasteiger partial charge in [0.2, 0.25) is 0 Å². The first kappa shape index (κ1) is 16.3. The molecule has 1 N–H and O–H groups in total. The summed E-state index contributed by atoms with van der Waals surface area (Å²) in [4.78, 5) is 2.85. The maximum Gasteiger partial charge on any atom is 0.00955 e. The second-order valence-electron chi connectivity index (χ2n) is 7.50. The van der Waals surface area contributed by atoms with Crippen LogP contribution < -0.4 is 5.32 Å². The summed E-state index contributed by atoms with van der Waals surface area (Å²) in [6, 6.07) is 0.889. The zero-order valence-corrected chi connectivity index (χ0v) is 14.0. The highest BCUT2D eigenvalue weighted by Gasteiger charge is 2.28. The van der Waals surface area contributed by atoms with Crippen LogP contribution in [0.15, 0.2) is 0 Å². The van der Waals surface area contributed by atoms with Crippen molar-refractivity contribution in [1.82, 2.24) is 10.2 Å². The van der Waals surface area contributed by atoms with Crippen molar-refractivity contribution in [3.05, 3.63) is 0 Å². The molecule has 118 valence electrons. The molecular weight excluding hydrogens is 244 g/mol. The summed E-state index contributed by atoms with van der Waals surface area (Å²) in [5, 5.41) is 3.50. The van der Waals surface area contributed by atoms with Crippen LogP contribution in [0.25, 0.3) is 0 Å². The highest BCUT2D eigenvalue weighted by molar-refractivity contribution is 4.83. The average molecular weight is 280 g/mol. The van der Waals surface area contributed by atoms with Gasteiger partial charge in [-0.25, -0.2) is 0 Å². The summed E-state index contributed by atoms with van der Waals surface area (Å²) < 4.78 is 0. The Morgan fingerprint density at radius 3 is 2.20 bits per heavy atom. The van der Waals surface area contributed by atoms with Gasteiger partial charge in [-0.15, -0.1) is 0 Å². The maximum absolute atomic E-state index is 3.50. The van der Waals surface area contributed by atoms with Crippen molar-refractivity contribution >= 4 is 0 Å². The van der Waals surface area contributed by atoms with E-state index in [-0.39, 0.29) is 0 Å². The van der Waals surface area contributed by atoms with Crippen molar-refractivity contribution in [2.45, 2.75) is 71.8 Å². The van der Waals surface area contributed by atoms with Crippen molar-refractivity contribution in [3.8, 4) is 0 Å². The number of hydrogen-bond acceptors (Lipinski definition) is 2. The van der Waals surface area contributed by atoms with E-state index in [1.165, 1.54) is 71.1 Å². The van der Waals surface area contributed by atoms with Crippen molar-refractivity contribution < 1.29 is 0 Å². The molecule has 0 amide bonds. The van der Waals surface area contributed by atoms with Gasteiger partial charge in [-0.1, -0.05) is 20.8 Å². The summed E-state index contributed by atoms with van der Waals surface area (Å²) in [5.74, 6) is 2.83. The standard InChI is InChI=1S/C18H36N2/c1-4-13-20(14-16-9-11-19-12-10-16)18-7-5-17(6-8-18)15(2)3/h15-19H,4-14H2,1-3H3. The minimum absolute atomic E-state index is 0.889. The van der Waals surface area contributed by atoms with E-state index < -0.39 is 0 Å². The van der Waals surface area contributed by atoms with Gasteiger partial charge >= 0.3 is 0 Å². The Bertz CT molecular complexity index is 250. The molecule has 20 heavy (non-hydrogen) atoms. The Labute approximate surface area is 126 Å². The zero-order valence-electron chi connectivity index (χ0n) is 14.0. The molecule has 1 saturated heterocycles. The van der Waals surface area contributed by atoms with Gasteiger partial charge in [-0.05, 0) is 82.3 Å². The molecule has 0 aromatic rings. The molecule has 0 spiro atoms. The number of rotatable bonds is 6. The van der Waals surface area contributed by atoms with Gasteiger partial charge in [0.25, 0.3) is 0 Å². The lowest BCUT2D eigenvalue weighted by Gasteiger charge is -2.40. The normalized spacial score (nSPS) is 29.2. The molecule has 0 radical (unpaired) electrons. The molecule has 2 nitrogen and oxygen atoms in total. The largest absolute Gasteiger partial charge is 0.317 e. The van der Waals surface area contributed by atoms with Gasteiger partial charge in [0.1, 0.15) is 0 Å². The SMILES string of the molecule is CCCN(CC1CCNCC1)C1CCC(C(C)C)CC1. The molecule has 0 aromatic carbocycles. The number of piperidine rings is 1. The summed E-state index contributed by atoms with van der Waals surface area (Å²) in [6.45, 7) is 12.3. The molecule has 1 saturated carbocycles. The first-order valence-corrected chi connectivity index (χ1v) is 9.15. The summed E-state index contributed by atoms with van der Waals surface area (Å²) in [5.41, 5.74) is 0. The maximum atomic E-state index is 3.50. The molecule has 0 bridgehead atoms. The van der Waals surface area contributed by atoms with Crippen LogP contribution in [0.2, 0.25) is 0 Å². The molecule has 2 aliphatic rings. The lowest BCUT2D eigenvalue weighted by Crippen LogP contribution is -2.43. The van der Waals surface area contributed by atoms with E-state index in [2.05, 4.69) is 31.0 Å². The van der Waals surface area contributed by atoms with Crippen LogP contribution in [0.4, 0.5) is 0 Å². The Balaban J connectivity index is 1.82. The first-order valence-electron chi connectivity index (χ1n) is 9.15. The molecule has 1 heterocycles. The summed E-state index contributed by atoms with van der Waals surface area (Å²) in [6.07, 6.45) is 9.93. The topological polar surface area (TPSA) is 15.3 Å². The first-order chi connectivity index (χ1) is 9.70. The molecule has 0 aromatic heterocycles. The van der Waals surface area contributed by atoms with Gasteiger partial charge in [0, 0.05) is 12.6 Å². The second-order valence-corrected chi connectivity index (χ2v) is 7.50. The summed E-state index contributed by atoms with van der Waals surface area (Å²) in [7, 11) is 0. The number of hydrogen-bond donors (Lipinski definition) is 1. The highest BCUT2D eigenvalue weighted by atomic mass is 15.2. The van der Waals surface area contributed by atoms with Crippen molar-refractivity contribution in [1.29, 1.82) is 0 Å². The lowest BCUT2D eigenvalue weighted by molar-refractivity contribution is 0.0996. The fraction of sp³-hybridized carbons (Fsp3) is 1.00.